The van der Waals surface area contributed by atoms with E-state index in [-0.39, 0.29) is 5.95 Å². The smallest absolute Gasteiger partial charge is 0.221 e. The highest BCUT2D eigenvalue weighted by Crippen LogP contribution is 2.32. The van der Waals surface area contributed by atoms with Gasteiger partial charge in [0.2, 0.25) is 5.95 Å². The van der Waals surface area contributed by atoms with Crippen LogP contribution in [0.2, 0.25) is 5.15 Å². The molecule has 0 radical (unpaired) electrons. The molecular weight excluding hydrogens is 332 g/mol. The summed E-state index contributed by atoms with van der Waals surface area (Å²) < 4.78 is 0. The third-order valence-electron chi connectivity index (χ3n) is 4.09. The molecule has 0 atom stereocenters. The number of benzene rings is 2. The molecule has 2 N–H and O–H groups in total. The highest BCUT2D eigenvalue weighted by molar-refractivity contribution is 6.32. The Bertz CT molecular complexity index is 1080. The van der Waals surface area contributed by atoms with Crippen LogP contribution in [-0.4, -0.2) is 15.0 Å². The van der Waals surface area contributed by atoms with Crippen molar-refractivity contribution in [3.63, 3.8) is 0 Å². The Labute approximate surface area is 150 Å². The second-order valence-corrected chi connectivity index (χ2v) is 6.19. The normalized spacial score (nSPS) is 11.0. The van der Waals surface area contributed by atoms with Crippen LogP contribution in [0.15, 0.2) is 60.7 Å². The summed E-state index contributed by atoms with van der Waals surface area (Å²) in [6.07, 6.45) is 0. The molecule has 0 saturated heterocycles. The van der Waals surface area contributed by atoms with Gasteiger partial charge in [0.15, 0.2) is 0 Å². The fourth-order valence-corrected chi connectivity index (χ4v) is 3.10. The zero-order valence-electron chi connectivity index (χ0n) is 13.6. The molecule has 0 aliphatic rings. The first-order valence-corrected chi connectivity index (χ1v) is 8.26. The number of hydrogen-bond acceptors (Lipinski definition) is 4. The van der Waals surface area contributed by atoms with Crippen LogP contribution in [0.3, 0.4) is 0 Å². The summed E-state index contributed by atoms with van der Waals surface area (Å²) in [6, 6.07) is 19.7. The lowest BCUT2D eigenvalue weighted by atomic mass is 10.1. The first-order chi connectivity index (χ1) is 12.1. The van der Waals surface area contributed by atoms with Crippen LogP contribution >= 0.6 is 11.6 Å². The van der Waals surface area contributed by atoms with Crippen molar-refractivity contribution in [3.8, 4) is 22.5 Å². The van der Waals surface area contributed by atoms with Crippen molar-refractivity contribution in [2.24, 2.45) is 0 Å². The number of nitrogens with zero attached hydrogens (tertiary/aromatic N) is 3. The largest absolute Gasteiger partial charge is 0.368 e. The number of fused-ring (bicyclic) bond motifs is 1. The Morgan fingerprint density at radius 2 is 1.60 bits per heavy atom. The minimum atomic E-state index is 0.205. The second kappa shape index (κ2) is 6.15. The summed E-state index contributed by atoms with van der Waals surface area (Å²) in [5.74, 6) is 0.205. The summed E-state index contributed by atoms with van der Waals surface area (Å²) in [6.45, 7) is 2.02. The van der Waals surface area contributed by atoms with Gasteiger partial charge in [0, 0.05) is 16.5 Å². The Kier molecular flexibility index (Phi) is 3.82. The van der Waals surface area contributed by atoms with Crippen molar-refractivity contribution < 1.29 is 0 Å². The van der Waals surface area contributed by atoms with Crippen LogP contribution in [-0.2, 0) is 0 Å². The van der Waals surface area contributed by atoms with E-state index in [1.165, 1.54) is 0 Å². The lowest BCUT2D eigenvalue weighted by Crippen LogP contribution is -1.99. The van der Waals surface area contributed by atoms with Crippen molar-refractivity contribution in [3.05, 3.63) is 71.4 Å². The van der Waals surface area contributed by atoms with Gasteiger partial charge in [-0.2, -0.15) is 0 Å². The molecule has 0 amide bonds. The maximum Gasteiger partial charge on any atom is 0.221 e. The van der Waals surface area contributed by atoms with E-state index in [0.29, 0.717) is 10.8 Å². The number of aryl methyl sites for hydroxylation is 1. The molecule has 0 aliphatic carbocycles. The molecule has 0 unspecified atom stereocenters. The molecular formula is C20H15ClN4. The minimum absolute atomic E-state index is 0.205. The van der Waals surface area contributed by atoms with E-state index in [1.807, 2.05) is 67.6 Å². The Hall–Kier alpha value is -2.98. The van der Waals surface area contributed by atoms with Crippen molar-refractivity contribution in [1.82, 2.24) is 15.0 Å². The first kappa shape index (κ1) is 15.5. The van der Waals surface area contributed by atoms with Gasteiger partial charge in [-0.1, -0.05) is 60.1 Å². The van der Waals surface area contributed by atoms with E-state index in [2.05, 4.69) is 15.0 Å². The standard InChI is InChI=1S/C20H15ClN4/c1-12-6-5-9-14-10-15(19(21)25-18(12)14)17-11-16(23-20(22)24-17)13-7-3-2-4-8-13/h2-11H,1H3,(H2,22,23,24). The van der Waals surface area contributed by atoms with Gasteiger partial charge < -0.3 is 5.73 Å². The summed E-state index contributed by atoms with van der Waals surface area (Å²) in [4.78, 5) is 13.2. The van der Waals surface area contributed by atoms with Gasteiger partial charge in [-0.25, -0.2) is 15.0 Å². The molecule has 2 aromatic carbocycles. The van der Waals surface area contributed by atoms with Crippen LogP contribution < -0.4 is 5.73 Å². The predicted octanol–water partition coefficient (Wildman–Crippen LogP) is 4.90. The SMILES string of the molecule is Cc1cccc2cc(-c3cc(-c4ccccc4)nc(N)n3)c(Cl)nc12. The number of nitrogens with two attached hydrogens (primary N) is 1. The number of hydrogen-bond donors (Lipinski definition) is 1. The maximum absolute atomic E-state index is 6.45. The quantitative estimate of drug-likeness (QED) is 0.524. The molecule has 122 valence electrons. The van der Waals surface area contributed by atoms with Crippen molar-refractivity contribution >= 4 is 28.5 Å². The number of pyridine rings is 1. The first-order valence-electron chi connectivity index (χ1n) is 7.88. The Morgan fingerprint density at radius 3 is 2.40 bits per heavy atom. The van der Waals surface area contributed by atoms with Crippen LogP contribution in [0.5, 0.6) is 0 Å². The number of anilines is 1. The minimum Gasteiger partial charge on any atom is -0.368 e. The third kappa shape index (κ3) is 2.92. The lowest BCUT2D eigenvalue weighted by Gasteiger charge is -2.09. The fraction of sp³-hybridized carbons (Fsp3) is 0.0500. The summed E-state index contributed by atoms with van der Waals surface area (Å²) >= 11 is 6.45. The van der Waals surface area contributed by atoms with Gasteiger partial charge in [0.05, 0.1) is 16.9 Å². The molecule has 4 rings (SSSR count). The predicted molar refractivity (Wildman–Crippen MR) is 102 cm³/mol. The van der Waals surface area contributed by atoms with Gasteiger partial charge in [-0.3, -0.25) is 0 Å². The Morgan fingerprint density at radius 1 is 0.840 bits per heavy atom. The molecule has 2 aromatic heterocycles. The van der Waals surface area contributed by atoms with E-state index < -0.39 is 0 Å². The molecule has 0 fully saturated rings. The zero-order chi connectivity index (χ0) is 17.4. The lowest BCUT2D eigenvalue weighted by molar-refractivity contribution is 1.19. The molecule has 5 heteroatoms. The number of nitrogen functional groups attached to an aromatic ring is 1. The third-order valence-corrected chi connectivity index (χ3v) is 4.38. The highest BCUT2D eigenvalue weighted by Gasteiger charge is 2.13. The van der Waals surface area contributed by atoms with Crippen molar-refractivity contribution in [1.29, 1.82) is 0 Å². The topological polar surface area (TPSA) is 64.7 Å². The highest BCUT2D eigenvalue weighted by atomic mass is 35.5. The van der Waals surface area contributed by atoms with Gasteiger partial charge in [-0.05, 0) is 24.6 Å². The van der Waals surface area contributed by atoms with Crippen LogP contribution in [0.4, 0.5) is 5.95 Å². The fourth-order valence-electron chi connectivity index (χ4n) is 2.86. The summed E-state index contributed by atoms with van der Waals surface area (Å²) in [7, 11) is 0. The number of aromatic nitrogens is 3. The zero-order valence-corrected chi connectivity index (χ0v) is 14.3. The molecule has 2 heterocycles. The summed E-state index contributed by atoms with van der Waals surface area (Å²) in [5, 5.41) is 1.41. The van der Waals surface area contributed by atoms with E-state index in [0.717, 1.165) is 33.3 Å². The summed E-state index contributed by atoms with van der Waals surface area (Å²) in [5.41, 5.74) is 11.0. The maximum atomic E-state index is 6.45. The van der Waals surface area contributed by atoms with Gasteiger partial charge in [-0.15, -0.1) is 0 Å². The van der Waals surface area contributed by atoms with Gasteiger partial charge in [0.25, 0.3) is 0 Å². The van der Waals surface area contributed by atoms with Crippen molar-refractivity contribution in [2.45, 2.75) is 6.92 Å². The number of rotatable bonds is 2. The van der Waals surface area contributed by atoms with Gasteiger partial charge in [0.1, 0.15) is 5.15 Å². The Balaban J connectivity index is 1.92. The molecule has 4 nitrogen and oxygen atoms in total. The van der Waals surface area contributed by atoms with Crippen LogP contribution in [0.1, 0.15) is 5.56 Å². The molecule has 0 bridgehead atoms. The van der Waals surface area contributed by atoms with Crippen molar-refractivity contribution in [2.75, 3.05) is 5.73 Å². The monoisotopic (exact) mass is 346 g/mol. The molecule has 25 heavy (non-hydrogen) atoms. The average Bonchev–Trinajstić information content (AvgIpc) is 2.62. The molecule has 0 saturated carbocycles. The van der Waals surface area contributed by atoms with E-state index in [9.17, 15) is 0 Å². The molecule has 0 spiro atoms. The van der Waals surface area contributed by atoms with E-state index in [1.54, 1.807) is 0 Å². The van der Waals surface area contributed by atoms with E-state index >= 15 is 0 Å². The molecule has 4 aromatic rings. The number of halogens is 1. The molecule has 0 aliphatic heterocycles. The van der Waals surface area contributed by atoms with Crippen LogP contribution in [0, 0.1) is 6.92 Å². The average molecular weight is 347 g/mol. The van der Waals surface area contributed by atoms with Gasteiger partial charge >= 0.3 is 0 Å². The van der Waals surface area contributed by atoms with E-state index in [4.69, 9.17) is 17.3 Å². The van der Waals surface area contributed by atoms with Crippen LogP contribution in [0.25, 0.3) is 33.4 Å². The second-order valence-electron chi connectivity index (χ2n) is 5.84. The number of para-hydroxylation sites is 1.